The standard InChI is InChI=1S/C9H13FN2/c1-7(11)2-3-8-4-5-9(10)12-6-8/h4-7H,2-3,11H2,1H3/t7-/m1/s1. The van der Waals surface area contributed by atoms with Gasteiger partial charge in [-0.15, -0.1) is 0 Å². The van der Waals surface area contributed by atoms with E-state index in [0.29, 0.717) is 0 Å². The second-order valence-electron chi connectivity index (χ2n) is 3.01. The lowest BCUT2D eigenvalue weighted by molar-refractivity contribution is 0.580. The first-order valence-corrected chi connectivity index (χ1v) is 4.04. The molecule has 1 atom stereocenters. The van der Waals surface area contributed by atoms with Crippen molar-refractivity contribution in [2.75, 3.05) is 0 Å². The maximum absolute atomic E-state index is 12.3. The summed E-state index contributed by atoms with van der Waals surface area (Å²) in [5.41, 5.74) is 6.61. The monoisotopic (exact) mass is 168 g/mol. The van der Waals surface area contributed by atoms with E-state index in [1.165, 1.54) is 6.07 Å². The van der Waals surface area contributed by atoms with Crippen LogP contribution in [0.5, 0.6) is 0 Å². The fourth-order valence-corrected chi connectivity index (χ4v) is 0.949. The van der Waals surface area contributed by atoms with E-state index in [0.717, 1.165) is 18.4 Å². The summed E-state index contributed by atoms with van der Waals surface area (Å²) in [4.78, 5) is 3.55. The first-order chi connectivity index (χ1) is 5.68. The summed E-state index contributed by atoms with van der Waals surface area (Å²) in [6.45, 7) is 1.96. The Morgan fingerprint density at radius 2 is 2.33 bits per heavy atom. The minimum absolute atomic E-state index is 0.190. The summed E-state index contributed by atoms with van der Waals surface area (Å²) in [5, 5.41) is 0. The molecule has 0 saturated heterocycles. The van der Waals surface area contributed by atoms with Gasteiger partial charge in [0.2, 0.25) is 5.95 Å². The van der Waals surface area contributed by atoms with Crippen molar-refractivity contribution in [3.05, 3.63) is 29.8 Å². The van der Waals surface area contributed by atoms with Crippen molar-refractivity contribution in [3.63, 3.8) is 0 Å². The molecule has 0 radical (unpaired) electrons. The molecule has 12 heavy (non-hydrogen) atoms. The molecule has 2 nitrogen and oxygen atoms in total. The lowest BCUT2D eigenvalue weighted by Crippen LogP contribution is -2.15. The number of aryl methyl sites for hydroxylation is 1. The molecule has 3 heteroatoms. The second kappa shape index (κ2) is 4.16. The third-order valence-corrected chi connectivity index (χ3v) is 1.68. The average molecular weight is 168 g/mol. The van der Waals surface area contributed by atoms with Crippen LogP contribution in [0.2, 0.25) is 0 Å². The minimum atomic E-state index is -0.431. The summed E-state index contributed by atoms with van der Waals surface area (Å²) >= 11 is 0. The van der Waals surface area contributed by atoms with Crippen molar-refractivity contribution in [2.24, 2.45) is 5.73 Å². The lowest BCUT2D eigenvalue weighted by atomic mass is 10.1. The highest BCUT2D eigenvalue weighted by molar-refractivity contribution is 5.09. The predicted octanol–water partition coefficient (Wildman–Crippen LogP) is 1.50. The molecular formula is C9H13FN2. The Labute approximate surface area is 71.6 Å². The van der Waals surface area contributed by atoms with Crippen LogP contribution in [0.4, 0.5) is 4.39 Å². The van der Waals surface area contributed by atoms with Crippen molar-refractivity contribution < 1.29 is 4.39 Å². The van der Waals surface area contributed by atoms with Gasteiger partial charge in [-0.05, 0) is 31.4 Å². The van der Waals surface area contributed by atoms with Crippen LogP contribution in [-0.4, -0.2) is 11.0 Å². The van der Waals surface area contributed by atoms with Gasteiger partial charge in [-0.1, -0.05) is 6.07 Å². The molecule has 2 N–H and O–H groups in total. The van der Waals surface area contributed by atoms with Crippen LogP contribution >= 0.6 is 0 Å². The number of aromatic nitrogens is 1. The van der Waals surface area contributed by atoms with Crippen LogP contribution in [0.15, 0.2) is 18.3 Å². The Morgan fingerprint density at radius 3 is 2.83 bits per heavy atom. The molecule has 1 aromatic heterocycles. The third-order valence-electron chi connectivity index (χ3n) is 1.68. The predicted molar refractivity (Wildman–Crippen MR) is 46.2 cm³/mol. The van der Waals surface area contributed by atoms with Crippen molar-refractivity contribution >= 4 is 0 Å². The maximum Gasteiger partial charge on any atom is 0.212 e. The van der Waals surface area contributed by atoms with E-state index in [4.69, 9.17) is 5.73 Å². The largest absolute Gasteiger partial charge is 0.328 e. The number of nitrogens with two attached hydrogens (primary N) is 1. The Kier molecular flexibility index (Phi) is 3.17. The van der Waals surface area contributed by atoms with Gasteiger partial charge in [-0.3, -0.25) is 0 Å². The molecule has 1 rings (SSSR count). The average Bonchev–Trinajstić information content (AvgIpc) is 2.03. The highest BCUT2D eigenvalue weighted by atomic mass is 19.1. The van der Waals surface area contributed by atoms with Crippen LogP contribution in [0.1, 0.15) is 18.9 Å². The van der Waals surface area contributed by atoms with Crippen LogP contribution in [0.25, 0.3) is 0 Å². The number of pyridine rings is 1. The number of nitrogens with zero attached hydrogens (tertiary/aromatic N) is 1. The van der Waals surface area contributed by atoms with E-state index >= 15 is 0 Å². The minimum Gasteiger partial charge on any atom is -0.328 e. The van der Waals surface area contributed by atoms with Gasteiger partial charge in [0.05, 0.1) is 0 Å². The topological polar surface area (TPSA) is 38.9 Å². The number of hydrogen-bond donors (Lipinski definition) is 1. The van der Waals surface area contributed by atoms with Gasteiger partial charge in [-0.2, -0.15) is 4.39 Å². The lowest BCUT2D eigenvalue weighted by Gasteiger charge is -2.03. The fourth-order valence-electron chi connectivity index (χ4n) is 0.949. The van der Waals surface area contributed by atoms with Gasteiger partial charge in [0, 0.05) is 12.2 Å². The van der Waals surface area contributed by atoms with Crippen LogP contribution in [0.3, 0.4) is 0 Å². The SMILES string of the molecule is C[C@@H](N)CCc1ccc(F)nc1. The van der Waals surface area contributed by atoms with Gasteiger partial charge in [0.15, 0.2) is 0 Å². The van der Waals surface area contributed by atoms with E-state index in [2.05, 4.69) is 4.98 Å². The van der Waals surface area contributed by atoms with Crippen molar-refractivity contribution in [1.82, 2.24) is 4.98 Å². The summed E-state index contributed by atoms with van der Waals surface area (Å²) < 4.78 is 12.3. The molecule has 0 amide bonds. The molecule has 0 bridgehead atoms. The highest BCUT2D eigenvalue weighted by Gasteiger charge is 1.97. The number of hydrogen-bond acceptors (Lipinski definition) is 2. The Bertz CT molecular complexity index is 231. The molecule has 1 heterocycles. The third kappa shape index (κ3) is 2.96. The summed E-state index contributed by atoms with van der Waals surface area (Å²) in [5.74, 6) is -0.431. The first kappa shape index (κ1) is 9.13. The van der Waals surface area contributed by atoms with Gasteiger partial charge in [0.25, 0.3) is 0 Å². The van der Waals surface area contributed by atoms with Gasteiger partial charge in [-0.25, -0.2) is 4.98 Å². The van der Waals surface area contributed by atoms with E-state index < -0.39 is 5.95 Å². The Hall–Kier alpha value is -0.960. The summed E-state index contributed by atoms with van der Waals surface area (Å²) in [7, 11) is 0. The molecule has 0 saturated carbocycles. The van der Waals surface area contributed by atoms with Gasteiger partial charge < -0.3 is 5.73 Å². The van der Waals surface area contributed by atoms with Gasteiger partial charge >= 0.3 is 0 Å². The molecule has 0 spiro atoms. The quantitative estimate of drug-likeness (QED) is 0.695. The van der Waals surface area contributed by atoms with Crippen molar-refractivity contribution in [1.29, 1.82) is 0 Å². The van der Waals surface area contributed by atoms with Crippen LogP contribution in [-0.2, 0) is 6.42 Å². The zero-order valence-corrected chi connectivity index (χ0v) is 7.13. The molecule has 1 aromatic rings. The Balaban J connectivity index is 2.48. The molecule has 66 valence electrons. The first-order valence-electron chi connectivity index (χ1n) is 4.04. The summed E-state index contributed by atoms with van der Waals surface area (Å²) in [6, 6.07) is 3.30. The van der Waals surface area contributed by atoms with Crippen LogP contribution < -0.4 is 5.73 Å². The number of rotatable bonds is 3. The normalized spacial score (nSPS) is 12.9. The number of halogens is 1. The van der Waals surface area contributed by atoms with Crippen molar-refractivity contribution in [2.45, 2.75) is 25.8 Å². The highest BCUT2D eigenvalue weighted by Crippen LogP contribution is 2.03. The van der Waals surface area contributed by atoms with Crippen molar-refractivity contribution in [3.8, 4) is 0 Å². The summed E-state index contributed by atoms with van der Waals surface area (Å²) in [6.07, 6.45) is 3.33. The van der Waals surface area contributed by atoms with Gasteiger partial charge in [0.1, 0.15) is 0 Å². The van der Waals surface area contributed by atoms with E-state index in [1.807, 2.05) is 6.92 Å². The zero-order chi connectivity index (χ0) is 8.97. The van der Waals surface area contributed by atoms with Crippen LogP contribution in [0, 0.1) is 5.95 Å². The maximum atomic E-state index is 12.3. The van der Waals surface area contributed by atoms with E-state index in [-0.39, 0.29) is 6.04 Å². The van der Waals surface area contributed by atoms with E-state index in [9.17, 15) is 4.39 Å². The molecule has 0 aliphatic rings. The molecule has 0 unspecified atom stereocenters. The zero-order valence-electron chi connectivity index (χ0n) is 7.13. The molecule has 0 fully saturated rings. The molecule has 0 aliphatic carbocycles. The molecule has 0 aliphatic heterocycles. The molecular weight excluding hydrogens is 155 g/mol. The Morgan fingerprint density at radius 1 is 1.58 bits per heavy atom. The smallest absolute Gasteiger partial charge is 0.212 e. The second-order valence-corrected chi connectivity index (χ2v) is 3.01. The van der Waals surface area contributed by atoms with E-state index in [1.54, 1.807) is 12.3 Å². The molecule has 0 aromatic carbocycles. The fraction of sp³-hybridized carbons (Fsp3) is 0.444.